The van der Waals surface area contributed by atoms with Crippen molar-refractivity contribution in [2.75, 3.05) is 32.5 Å². The lowest BCUT2D eigenvalue weighted by molar-refractivity contribution is -0.120. The summed E-state index contributed by atoms with van der Waals surface area (Å²) in [7, 11) is -0.155. The number of sulfonamides is 1. The second-order valence-electron chi connectivity index (χ2n) is 9.84. The second-order valence-corrected chi connectivity index (χ2v) is 11.6. The summed E-state index contributed by atoms with van der Waals surface area (Å²) in [6.45, 7) is 1.67. The standard InChI is InChI=1S/C29H33FN4O4S/c1-33-18-16-25(17-19-33)32-39(37,38)26-14-12-24(13-15-26)31-28(35)27(20-21-6-4-3-5-7-21)34(2)29(36)22-8-10-23(30)11-9-22/h3-15,25,27,32H,16-20H2,1-2H3,(H,31,35). The van der Waals surface area contributed by atoms with Crippen LogP contribution in [0.15, 0.2) is 83.8 Å². The molecule has 3 aromatic rings. The maximum Gasteiger partial charge on any atom is 0.254 e. The zero-order chi connectivity index (χ0) is 28.0. The molecule has 206 valence electrons. The highest BCUT2D eigenvalue weighted by Crippen LogP contribution is 2.19. The lowest BCUT2D eigenvalue weighted by atomic mass is 10.0. The van der Waals surface area contributed by atoms with Crippen molar-refractivity contribution in [3.05, 3.63) is 95.8 Å². The second kappa shape index (κ2) is 12.5. The minimum atomic E-state index is -3.70. The average molecular weight is 553 g/mol. The Morgan fingerprint density at radius 3 is 2.21 bits per heavy atom. The van der Waals surface area contributed by atoms with Crippen molar-refractivity contribution in [2.45, 2.75) is 36.2 Å². The third-order valence-corrected chi connectivity index (χ3v) is 8.46. The van der Waals surface area contributed by atoms with Gasteiger partial charge in [0.1, 0.15) is 11.9 Å². The molecule has 0 bridgehead atoms. The minimum Gasteiger partial charge on any atom is -0.329 e. The number of likely N-dealkylation sites (N-methyl/N-ethyl adjacent to an activating group) is 1. The number of anilines is 1. The van der Waals surface area contributed by atoms with E-state index in [9.17, 15) is 22.4 Å². The molecular weight excluding hydrogens is 519 g/mol. The predicted octanol–water partition coefficient (Wildman–Crippen LogP) is 3.52. The van der Waals surface area contributed by atoms with Crippen LogP contribution >= 0.6 is 0 Å². The molecular formula is C29H33FN4O4S. The van der Waals surface area contributed by atoms with Gasteiger partial charge in [-0.25, -0.2) is 17.5 Å². The van der Waals surface area contributed by atoms with Crippen LogP contribution in [-0.2, 0) is 21.2 Å². The fourth-order valence-corrected chi connectivity index (χ4v) is 5.84. The van der Waals surface area contributed by atoms with Crippen LogP contribution in [-0.4, -0.2) is 69.3 Å². The van der Waals surface area contributed by atoms with Crippen LogP contribution in [0.3, 0.4) is 0 Å². The van der Waals surface area contributed by atoms with Crippen LogP contribution in [0, 0.1) is 5.82 Å². The summed E-state index contributed by atoms with van der Waals surface area (Å²) in [4.78, 5) is 30.2. The molecule has 8 nitrogen and oxygen atoms in total. The molecule has 1 aliphatic heterocycles. The topological polar surface area (TPSA) is 98.8 Å². The fraction of sp³-hybridized carbons (Fsp3) is 0.310. The summed E-state index contributed by atoms with van der Waals surface area (Å²) in [5, 5.41) is 2.81. The van der Waals surface area contributed by atoms with Gasteiger partial charge in [0.2, 0.25) is 15.9 Å². The number of carbonyl (C=O) groups is 2. The number of hydrogen-bond acceptors (Lipinski definition) is 5. The van der Waals surface area contributed by atoms with E-state index in [0.717, 1.165) is 31.5 Å². The van der Waals surface area contributed by atoms with Crippen LogP contribution in [0.1, 0.15) is 28.8 Å². The third-order valence-electron chi connectivity index (χ3n) is 6.93. The summed E-state index contributed by atoms with van der Waals surface area (Å²) < 4.78 is 41.9. The van der Waals surface area contributed by atoms with Crippen LogP contribution in [0.4, 0.5) is 10.1 Å². The number of halogens is 1. The Kier molecular flexibility index (Phi) is 9.11. The van der Waals surface area contributed by atoms with Gasteiger partial charge in [-0.3, -0.25) is 9.59 Å². The molecule has 0 aliphatic carbocycles. The Balaban J connectivity index is 1.48. The Morgan fingerprint density at radius 2 is 1.59 bits per heavy atom. The number of nitrogens with zero attached hydrogens (tertiary/aromatic N) is 2. The highest BCUT2D eigenvalue weighted by molar-refractivity contribution is 7.89. The van der Waals surface area contributed by atoms with Crippen molar-refractivity contribution < 1.29 is 22.4 Å². The van der Waals surface area contributed by atoms with Crippen LogP contribution in [0.5, 0.6) is 0 Å². The van der Waals surface area contributed by atoms with E-state index in [2.05, 4.69) is 14.9 Å². The Labute approximate surface area is 228 Å². The summed E-state index contributed by atoms with van der Waals surface area (Å²) in [5.74, 6) is -1.32. The van der Waals surface area contributed by atoms with E-state index in [1.807, 2.05) is 37.4 Å². The number of rotatable bonds is 9. The van der Waals surface area contributed by atoms with E-state index < -0.39 is 33.7 Å². The minimum absolute atomic E-state index is 0.112. The fourth-order valence-electron chi connectivity index (χ4n) is 4.54. The number of nitrogens with one attached hydrogen (secondary N) is 2. The lowest BCUT2D eigenvalue weighted by Crippen LogP contribution is -2.46. The van der Waals surface area contributed by atoms with E-state index in [0.29, 0.717) is 5.69 Å². The molecule has 39 heavy (non-hydrogen) atoms. The molecule has 2 amide bonds. The van der Waals surface area contributed by atoms with E-state index in [4.69, 9.17) is 0 Å². The Bertz CT molecular complexity index is 1380. The van der Waals surface area contributed by atoms with Gasteiger partial charge in [-0.05, 0) is 87.1 Å². The number of amides is 2. The molecule has 3 aromatic carbocycles. The van der Waals surface area contributed by atoms with Crippen molar-refractivity contribution in [3.8, 4) is 0 Å². The molecule has 1 heterocycles. The third kappa shape index (κ3) is 7.50. The van der Waals surface area contributed by atoms with Gasteiger partial charge >= 0.3 is 0 Å². The first-order valence-electron chi connectivity index (χ1n) is 12.8. The quantitative estimate of drug-likeness (QED) is 0.423. The largest absolute Gasteiger partial charge is 0.329 e. The van der Waals surface area contributed by atoms with Crippen LogP contribution < -0.4 is 10.0 Å². The van der Waals surface area contributed by atoms with Gasteiger partial charge in [0.05, 0.1) is 4.90 Å². The summed E-state index contributed by atoms with van der Waals surface area (Å²) in [6.07, 6.45) is 1.75. The number of likely N-dealkylation sites (tertiary alicyclic amines) is 1. The van der Waals surface area contributed by atoms with Crippen molar-refractivity contribution >= 4 is 27.5 Å². The molecule has 1 saturated heterocycles. The van der Waals surface area contributed by atoms with Gasteiger partial charge in [0, 0.05) is 30.8 Å². The van der Waals surface area contributed by atoms with Crippen molar-refractivity contribution in [3.63, 3.8) is 0 Å². The van der Waals surface area contributed by atoms with Gasteiger partial charge in [-0.15, -0.1) is 0 Å². The monoisotopic (exact) mass is 552 g/mol. The molecule has 2 N–H and O–H groups in total. The van der Waals surface area contributed by atoms with E-state index >= 15 is 0 Å². The summed E-state index contributed by atoms with van der Waals surface area (Å²) in [6, 6.07) is 19.4. The molecule has 0 radical (unpaired) electrons. The molecule has 0 saturated carbocycles. The van der Waals surface area contributed by atoms with Gasteiger partial charge in [-0.1, -0.05) is 30.3 Å². The Hall–Kier alpha value is -3.60. The van der Waals surface area contributed by atoms with Crippen molar-refractivity contribution in [1.82, 2.24) is 14.5 Å². The first-order valence-corrected chi connectivity index (χ1v) is 14.3. The van der Waals surface area contributed by atoms with Crippen molar-refractivity contribution in [1.29, 1.82) is 0 Å². The molecule has 1 fully saturated rings. The van der Waals surface area contributed by atoms with E-state index in [-0.39, 0.29) is 22.9 Å². The summed E-state index contributed by atoms with van der Waals surface area (Å²) >= 11 is 0. The van der Waals surface area contributed by atoms with Crippen LogP contribution in [0.25, 0.3) is 0 Å². The van der Waals surface area contributed by atoms with Crippen molar-refractivity contribution in [2.24, 2.45) is 0 Å². The zero-order valence-electron chi connectivity index (χ0n) is 22.0. The normalized spacial score (nSPS) is 15.5. The van der Waals surface area contributed by atoms with E-state index in [1.165, 1.54) is 60.5 Å². The molecule has 0 spiro atoms. The average Bonchev–Trinajstić information content (AvgIpc) is 2.93. The smallest absolute Gasteiger partial charge is 0.254 e. The zero-order valence-corrected chi connectivity index (χ0v) is 22.8. The summed E-state index contributed by atoms with van der Waals surface area (Å²) in [5.41, 5.74) is 1.52. The molecule has 1 atom stereocenters. The number of carbonyl (C=O) groups excluding carboxylic acids is 2. The molecule has 1 unspecified atom stereocenters. The van der Waals surface area contributed by atoms with Crippen LogP contribution in [0.2, 0.25) is 0 Å². The molecule has 10 heteroatoms. The number of benzene rings is 3. The highest BCUT2D eigenvalue weighted by Gasteiger charge is 2.29. The molecule has 1 aliphatic rings. The number of hydrogen-bond donors (Lipinski definition) is 2. The van der Waals surface area contributed by atoms with Gasteiger partial charge in [0.25, 0.3) is 5.91 Å². The predicted molar refractivity (Wildman–Crippen MR) is 148 cm³/mol. The van der Waals surface area contributed by atoms with E-state index in [1.54, 1.807) is 0 Å². The van der Waals surface area contributed by atoms with Gasteiger partial charge in [0.15, 0.2) is 0 Å². The molecule has 4 rings (SSSR count). The number of piperidine rings is 1. The maximum absolute atomic E-state index is 13.4. The first kappa shape index (κ1) is 28.4. The lowest BCUT2D eigenvalue weighted by Gasteiger charge is -2.29. The molecule has 0 aromatic heterocycles. The maximum atomic E-state index is 13.4. The highest BCUT2D eigenvalue weighted by atomic mass is 32.2. The van der Waals surface area contributed by atoms with Gasteiger partial charge in [-0.2, -0.15) is 0 Å². The Morgan fingerprint density at radius 1 is 0.974 bits per heavy atom. The first-order chi connectivity index (χ1) is 18.6. The van der Waals surface area contributed by atoms with Gasteiger partial charge < -0.3 is 15.1 Å². The SMILES string of the molecule is CN1CCC(NS(=O)(=O)c2ccc(NC(=O)C(Cc3ccccc3)N(C)C(=O)c3ccc(F)cc3)cc2)CC1.